The Kier molecular flexibility index (Phi) is 4.27. The predicted octanol–water partition coefficient (Wildman–Crippen LogP) is 4.35. The van der Waals surface area contributed by atoms with Crippen molar-refractivity contribution >= 4 is 28.6 Å². The van der Waals surface area contributed by atoms with Crippen molar-refractivity contribution < 1.29 is 19.0 Å². The first-order valence-electron chi connectivity index (χ1n) is 9.57. The van der Waals surface area contributed by atoms with Crippen LogP contribution in [0.1, 0.15) is 43.1 Å². The Morgan fingerprint density at radius 3 is 2.81 bits per heavy atom. The van der Waals surface area contributed by atoms with E-state index in [-0.39, 0.29) is 18.2 Å². The summed E-state index contributed by atoms with van der Waals surface area (Å²) >= 11 is 2.61. The van der Waals surface area contributed by atoms with Gasteiger partial charge >= 0.3 is 5.97 Å². The summed E-state index contributed by atoms with van der Waals surface area (Å²) in [5.74, 6) is 1.91. The Hall–Kier alpha value is -1.08. The fraction of sp³-hybridized carbons (Fsp3) is 0.571. The van der Waals surface area contributed by atoms with Crippen LogP contribution < -0.4 is 0 Å². The third kappa shape index (κ3) is 2.39. The van der Waals surface area contributed by atoms with E-state index in [1.807, 2.05) is 0 Å². The van der Waals surface area contributed by atoms with E-state index in [1.54, 1.807) is 6.92 Å². The number of benzene rings is 1. The monoisotopic (exact) mass is 466 g/mol. The maximum absolute atomic E-state index is 11.6. The molecule has 4 nitrogen and oxygen atoms in total. The Balaban J connectivity index is 1.51. The number of carbonyl (C=O) groups is 1. The van der Waals surface area contributed by atoms with E-state index in [0.717, 1.165) is 0 Å². The summed E-state index contributed by atoms with van der Waals surface area (Å²) in [5.41, 5.74) is 2.51. The number of ether oxygens (including phenoxy) is 3. The summed E-state index contributed by atoms with van der Waals surface area (Å²) in [6, 6.07) is 8.53. The van der Waals surface area contributed by atoms with Crippen molar-refractivity contribution in [3.05, 3.63) is 47.7 Å². The van der Waals surface area contributed by atoms with E-state index in [9.17, 15) is 4.79 Å². The van der Waals surface area contributed by atoms with Gasteiger partial charge in [-0.25, -0.2) is 4.79 Å². The molecule has 8 atom stereocenters. The van der Waals surface area contributed by atoms with Crippen molar-refractivity contribution in [3.8, 4) is 0 Å². The van der Waals surface area contributed by atoms with Gasteiger partial charge in [-0.1, -0.05) is 46.9 Å². The number of carbonyl (C=O) groups excluding carboxylic acids is 1. The van der Waals surface area contributed by atoms with E-state index >= 15 is 0 Å². The van der Waals surface area contributed by atoms with Gasteiger partial charge in [0.15, 0.2) is 0 Å². The molecule has 0 spiro atoms. The van der Waals surface area contributed by atoms with Crippen LogP contribution in [0.5, 0.6) is 0 Å². The number of hydrogen-bond acceptors (Lipinski definition) is 4. The molecule has 1 aromatic rings. The minimum Gasteiger partial charge on any atom is -0.493 e. The summed E-state index contributed by atoms with van der Waals surface area (Å²) in [7, 11) is 0. The van der Waals surface area contributed by atoms with Gasteiger partial charge < -0.3 is 14.2 Å². The van der Waals surface area contributed by atoms with Crippen LogP contribution in [0.2, 0.25) is 0 Å². The van der Waals surface area contributed by atoms with Gasteiger partial charge in [-0.15, -0.1) is 0 Å². The first kappa shape index (κ1) is 17.0. The van der Waals surface area contributed by atoms with Crippen LogP contribution in [0.3, 0.4) is 0 Å². The molecule has 0 amide bonds. The number of alkyl halides is 1. The molecule has 6 rings (SSSR count). The standard InChI is InChI=1S/C21H23IO4/c1-2-24-15(23)9-10-25-19-11-5-3-4-6-12(11)20-17-14-8-7-13(16(17)19)18(22)21(14)26-20/h3-6,9-10,13-14,16-21H,2,7-8H2,1H3/b10-9+/t13?,14?,16?,17?,18?,19-,20?,21?/m0/s1. The molecule has 1 heterocycles. The molecule has 1 aliphatic heterocycles. The van der Waals surface area contributed by atoms with E-state index in [1.165, 1.54) is 36.3 Å². The second-order valence-electron chi connectivity index (χ2n) is 7.77. The zero-order chi connectivity index (χ0) is 17.8. The average Bonchev–Trinajstić information content (AvgIpc) is 3.02. The molecular weight excluding hydrogens is 443 g/mol. The minimum absolute atomic E-state index is 0.00848. The highest BCUT2D eigenvalue weighted by atomic mass is 127. The third-order valence-corrected chi connectivity index (χ3v) is 8.37. The van der Waals surface area contributed by atoms with Gasteiger partial charge in [0.05, 0.1) is 31.2 Å². The average molecular weight is 466 g/mol. The molecule has 7 unspecified atom stereocenters. The second-order valence-corrected chi connectivity index (χ2v) is 9.20. The molecule has 4 fully saturated rings. The maximum atomic E-state index is 11.6. The van der Waals surface area contributed by atoms with Crippen LogP contribution in [-0.4, -0.2) is 22.6 Å². The quantitative estimate of drug-likeness (QED) is 0.218. The SMILES string of the molecule is CCOC(=O)/C=C/O[C@H]1c2ccccc2C2OC3C(I)C4CCC3C2C41. The summed E-state index contributed by atoms with van der Waals surface area (Å²) in [4.78, 5) is 11.6. The lowest BCUT2D eigenvalue weighted by molar-refractivity contribution is -0.137. The molecule has 0 N–H and O–H groups in total. The highest BCUT2D eigenvalue weighted by Gasteiger charge is 2.65. The second kappa shape index (κ2) is 6.51. The molecule has 4 aliphatic carbocycles. The van der Waals surface area contributed by atoms with Gasteiger partial charge in [-0.3, -0.25) is 0 Å². The molecule has 5 heteroatoms. The zero-order valence-corrected chi connectivity index (χ0v) is 16.9. The Labute approximate surface area is 167 Å². The molecular formula is C21H23IO4. The normalized spacial score (nSPS) is 41.9. The summed E-state index contributed by atoms with van der Waals surface area (Å²) < 4.78 is 18.3. The fourth-order valence-electron chi connectivity index (χ4n) is 5.91. The molecule has 0 radical (unpaired) electrons. The van der Waals surface area contributed by atoms with Gasteiger partial charge in [-0.05, 0) is 42.7 Å². The summed E-state index contributed by atoms with van der Waals surface area (Å²) in [6.07, 6.45) is 6.07. The molecule has 0 aromatic heterocycles. The van der Waals surface area contributed by atoms with Gasteiger partial charge in [0.1, 0.15) is 6.10 Å². The van der Waals surface area contributed by atoms with Crippen LogP contribution in [0, 0.1) is 23.7 Å². The molecule has 1 saturated heterocycles. The van der Waals surface area contributed by atoms with Gasteiger partial charge in [0.25, 0.3) is 0 Å². The van der Waals surface area contributed by atoms with E-state index in [4.69, 9.17) is 14.2 Å². The lowest BCUT2D eigenvalue weighted by atomic mass is 9.53. The Morgan fingerprint density at radius 2 is 2.00 bits per heavy atom. The fourth-order valence-corrected chi connectivity index (χ4v) is 7.46. The summed E-state index contributed by atoms with van der Waals surface area (Å²) in [5, 5.41) is 0. The van der Waals surface area contributed by atoms with E-state index in [2.05, 4.69) is 46.9 Å². The van der Waals surface area contributed by atoms with Crippen molar-refractivity contribution in [2.45, 2.75) is 42.0 Å². The first-order valence-corrected chi connectivity index (χ1v) is 10.8. The molecule has 3 saturated carbocycles. The van der Waals surface area contributed by atoms with Crippen molar-refractivity contribution in [1.29, 1.82) is 0 Å². The van der Waals surface area contributed by atoms with Gasteiger partial charge in [0, 0.05) is 15.8 Å². The van der Waals surface area contributed by atoms with Gasteiger partial charge in [-0.2, -0.15) is 0 Å². The number of halogens is 1. The predicted molar refractivity (Wildman–Crippen MR) is 105 cm³/mol. The molecule has 26 heavy (non-hydrogen) atoms. The van der Waals surface area contributed by atoms with Crippen molar-refractivity contribution in [3.63, 3.8) is 0 Å². The largest absolute Gasteiger partial charge is 0.493 e. The third-order valence-electron chi connectivity index (χ3n) is 6.74. The van der Waals surface area contributed by atoms with Crippen molar-refractivity contribution in [2.75, 3.05) is 6.61 Å². The van der Waals surface area contributed by atoms with Crippen LogP contribution >= 0.6 is 22.6 Å². The van der Waals surface area contributed by atoms with Crippen molar-refractivity contribution in [1.82, 2.24) is 0 Å². The number of esters is 1. The van der Waals surface area contributed by atoms with E-state index in [0.29, 0.717) is 40.3 Å². The summed E-state index contributed by atoms with van der Waals surface area (Å²) in [6.45, 7) is 2.18. The first-order chi connectivity index (χ1) is 12.7. The van der Waals surface area contributed by atoms with Crippen LogP contribution in [-0.2, 0) is 19.0 Å². The maximum Gasteiger partial charge on any atom is 0.333 e. The van der Waals surface area contributed by atoms with Gasteiger partial charge in [0.2, 0.25) is 0 Å². The Bertz CT molecular complexity index is 747. The lowest BCUT2D eigenvalue weighted by Gasteiger charge is -2.53. The van der Waals surface area contributed by atoms with Crippen LogP contribution in [0.15, 0.2) is 36.6 Å². The van der Waals surface area contributed by atoms with E-state index < -0.39 is 0 Å². The molecule has 1 aromatic carbocycles. The number of hydrogen-bond donors (Lipinski definition) is 0. The smallest absolute Gasteiger partial charge is 0.333 e. The van der Waals surface area contributed by atoms with Crippen LogP contribution in [0.25, 0.3) is 0 Å². The zero-order valence-electron chi connectivity index (χ0n) is 14.7. The topological polar surface area (TPSA) is 44.8 Å². The van der Waals surface area contributed by atoms with Crippen LogP contribution in [0.4, 0.5) is 0 Å². The number of fused-ring (bicyclic) bond motifs is 3. The molecule has 4 bridgehead atoms. The Morgan fingerprint density at radius 1 is 1.23 bits per heavy atom. The highest BCUT2D eigenvalue weighted by Crippen LogP contribution is 2.67. The molecule has 138 valence electrons. The van der Waals surface area contributed by atoms with Crippen molar-refractivity contribution in [2.24, 2.45) is 23.7 Å². The molecule has 5 aliphatic rings. The highest BCUT2D eigenvalue weighted by molar-refractivity contribution is 14.1. The minimum atomic E-state index is -0.351. The number of rotatable bonds is 4. The lowest BCUT2D eigenvalue weighted by Crippen LogP contribution is -2.53.